The van der Waals surface area contributed by atoms with Gasteiger partial charge in [-0.2, -0.15) is 8.78 Å². The fourth-order valence-corrected chi connectivity index (χ4v) is 6.66. The van der Waals surface area contributed by atoms with Crippen molar-refractivity contribution in [3.05, 3.63) is 41.2 Å². The SMILES string of the molecule is CCCC1CCC(C2CC=C(C3CCC(C(F)(F)Oc4cc(F)c(F)c(F)c4)CC3)CC2)CC1. The maximum Gasteiger partial charge on any atom is 0.400 e. The Balaban J connectivity index is 1.26. The Bertz CT molecular complexity index is 827. The lowest BCUT2D eigenvalue weighted by Gasteiger charge is -2.38. The normalized spacial score (nSPS) is 30.6. The minimum atomic E-state index is -3.55. The van der Waals surface area contributed by atoms with Crippen LogP contribution in [0.25, 0.3) is 0 Å². The van der Waals surface area contributed by atoms with Crippen molar-refractivity contribution in [2.24, 2.45) is 29.6 Å². The molecule has 1 unspecified atom stereocenters. The molecule has 0 radical (unpaired) electrons. The Kier molecular flexibility index (Phi) is 8.24. The van der Waals surface area contributed by atoms with Crippen LogP contribution in [0, 0.1) is 47.0 Å². The highest BCUT2D eigenvalue weighted by atomic mass is 19.3. The molecule has 1 nitrogen and oxygen atoms in total. The van der Waals surface area contributed by atoms with Crippen LogP contribution in [0.4, 0.5) is 22.0 Å². The Morgan fingerprint density at radius 3 is 2.06 bits per heavy atom. The monoisotopic (exact) mass is 484 g/mol. The molecule has 0 heterocycles. The molecule has 3 aliphatic carbocycles. The Morgan fingerprint density at radius 2 is 1.50 bits per heavy atom. The topological polar surface area (TPSA) is 9.23 Å². The number of benzene rings is 1. The lowest BCUT2D eigenvalue weighted by molar-refractivity contribution is -0.223. The van der Waals surface area contributed by atoms with Crippen molar-refractivity contribution >= 4 is 0 Å². The van der Waals surface area contributed by atoms with Crippen LogP contribution in [0.3, 0.4) is 0 Å². The van der Waals surface area contributed by atoms with E-state index in [0.717, 1.165) is 30.6 Å². The van der Waals surface area contributed by atoms with Crippen molar-refractivity contribution in [1.29, 1.82) is 0 Å². The van der Waals surface area contributed by atoms with Crippen LogP contribution in [0.2, 0.25) is 0 Å². The van der Waals surface area contributed by atoms with E-state index in [2.05, 4.69) is 17.7 Å². The highest BCUT2D eigenvalue weighted by Crippen LogP contribution is 2.46. The molecular weight excluding hydrogens is 447 g/mol. The van der Waals surface area contributed by atoms with Crippen molar-refractivity contribution in [2.75, 3.05) is 0 Å². The zero-order valence-corrected chi connectivity index (χ0v) is 20.1. The lowest BCUT2D eigenvalue weighted by Crippen LogP contribution is -2.37. The van der Waals surface area contributed by atoms with E-state index in [1.165, 1.54) is 50.5 Å². The van der Waals surface area contributed by atoms with E-state index in [1.54, 1.807) is 0 Å². The van der Waals surface area contributed by atoms with E-state index in [9.17, 15) is 22.0 Å². The molecule has 1 atom stereocenters. The minimum Gasteiger partial charge on any atom is -0.432 e. The number of halogens is 5. The number of alkyl halides is 2. The molecule has 0 N–H and O–H groups in total. The highest BCUT2D eigenvalue weighted by Gasteiger charge is 2.44. The molecule has 0 saturated heterocycles. The predicted octanol–water partition coefficient (Wildman–Crippen LogP) is 9.21. The molecule has 3 aliphatic rings. The second-order valence-corrected chi connectivity index (χ2v) is 10.8. The van der Waals surface area contributed by atoms with Gasteiger partial charge >= 0.3 is 6.11 Å². The number of allylic oxidation sites excluding steroid dienone is 2. The molecule has 0 bridgehead atoms. The number of hydrogen-bond donors (Lipinski definition) is 0. The van der Waals surface area contributed by atoms with Crippen molar-refractivity contribution in [3.8, 4) is 5.75 Å². The smallest absolute Gasteiger partial charge is 0.400 e. The molecule has 0 amide bonds. The van der Waals surface area contributed by atoms with E-state index < -0.39 is 35.2 Å². The van der Waals surface area contributed by atoms with Gasteiger partial charge in [-0.05, 0) is 81.5 Å². The van der Waals surface area contributed by atoms with E-state index in [4.69, 9.17) is 0 Å². The van der Waals surface area contributed by atoms with Crippen LogP contribution in [-0.2, 0) is 0 Å². The fourth-order valence-electron chi connectivity index (χ4n) is 6.66. The van der Waals surface area contributed by atoms with Gasteiger partial charge in [0.1, 0.15) is 5.75 Å². The average Bonchev–Trinajstić information content (AvgIpc) is 2.83. The van der Waals surface area contributed by atoms with Crippen molar-refractivity contribution in [3.63, 3.8) is 0 Å². The highest BCUT2D eigenvalue weighted by molar-refractivity contribution is 5.25. The maximum absolute atomic E-state index is 14.7. The third-order valence-corrected chi connectivity index (χ3v) is 8.68. The zero-order chi connectivity index (χ0) is 24.3. The summed E-state index contributed by atoms with van der Waals surface area (Å²) in [7, 11) is 0. The summed E-state index contributed by atoms with van der Waals surface area (Å²) in [5, 5.41) is 0. The molecule has 6 heteroatoms. The molecule has 0 aliphatic heterocycles. The van der Waals surface area contributed by atoms with Crippen molar-refractivity contribution in [1.82, 2.24) is 0 Å². The van der Waals surface area contributed by atoms with Crippen LogP contribution in [0.15, 0.2) is 23.8 Å². The van der Waals surface area contributed by atoms with Crippen LogP contribution < -0.4 is 4.74 Å². The van der Waals surface area contributed by atoms with Crippen LogP contribution in [-0.4, -0.2) is 6.11 Å². The first kappa shape index (κ1) is 25.5. The largest absolute Gasteiger partial charge is 0.432 e. The summed E-state index contributed by atoms with van der Waals surface area (Å²) >= 11 is 0. The van der Waals surface area contributed by atoms with Gasteiger partial charge in [-0.25, -0.2) is 13.2 Å². The first-order chi connectivity index (χ1) is 16.3. The third kappa shape index (κ3) is 5.96. The molecule has 190 valence electrons. The minimum absolute atomic E-state index is 0.298. The second kappa shape index (κ2) is 11.0. The van der Waals surface area contributed by atoms with Crippen molar-refractivity contribution < 1.29 is 26.7 Å². The summed E-state index contributed by atoms with van der Waals surface area (Å²) in [6.45, 7) is 2.27. The molecule has 2 saturated carbocycles. The predicted molar refractivity (Wildman–Crippen MR) is 123 cm³/mol. The van der Waals surface area contributed by atoms with Gasteiger partial charge in [0.05, 0.1) is 5.92 Å². The van der Waals surface area contributed by atoms with Gasteiger partial charge in [-0.1, -0.05) is 44.3 Å². The second-order valence-electron chi connectivity index (χ2n) is 10.8. The Morgan fingerprint density at radius 1 is 0.853 bits per heavy atom. The summed E-state index contributed by atoms with van der Waals surface area (Å²) in [5.74, 6) is -3.58. The molecule has 4 rings (SSSR count). The molecule has 1 aromatic rings. The first-order valence-corrected chi connectivity index (χ1v) is 13.2. The van der Waals surface area contributed by atoms with E-state index in [-0.39, 0.29) is 0 Å². The van der Waals surface area contributed by atoms with Crippen molar-refractivity contribution in [2.45, 2.75) is 96.5 Å². The quantitative estimate of drug-likeness (QED) is 0.213. The van der Waals surface area contributed by atoms with Gasteiger partial charge in [0.15, 0.2) is 17.5 Å². The van der Waals surface area contributed by atoms with E-state index in [1.807, 2.05) is 0 Å². The molecular formula is C28H37F5O. The standard InChI is InChI=1S/C28H37F5O/c1-2-3-18-4-6-19(7-5-18)20-8-10-21(11-9-20)22-12-14-23(15-13-22)28(32,33)34-24-16-25(29)27(31)26(30)17-24/h10,16-20,22-23H,2-9,11-15H2,1H3. The van der Waals surface area contributed by atoms with Gasteiger partial charge in [0, 0.05) is 12.1 Å². The van der Waals surface area contributed by atoms with Gasteiger partial charge in [-0.3, -0.25) is 0 Å². The summed E-state index contributed by atoms with van der Waals surface area (Å²) in [5.41, 5.74) is 1.43. The summed E-state index contributed by atoms with van der Waals surface area (Å²) in [4.78, 5) is 0. The van der Waals surface area contributed by atoms with Gasteiger partial charge in [0.2, 0.25) is 0 Å². The molecule has 1 aromatic carbocycles. The Hall–Kier alpha value is -1.59. The van der Waals surface area contributed by atoms with Gasteiger partial charge < -0.3 is 4.74 Å². The van der Waals surface area contributed by atoms with Crippen LogP contribution >= 0.6 is 0 Å². The summed E-state index contributed by atoms with van der Waals surface area (Å²) in [6.07, 6.45) is 12.3. The molecule has 34 heavy (non-hydrogen) atoms. The number of ether oxygens (including phenoxy) is 1. The van der Waals surface area contributed by atoms with E-state index >= 15 is 0 Å². The molecule has 0 aromatic heterocycles. The van der Waals surface area contributed by atoms with E-state index in [0.29, 0.717) is 43.7 Å². The zero-order valence-electron chi connectivity index (χ0n) is 20.1. The number of hydrogen-bond acceptors (Lipinski definition) is 1. The van der Waals surface area contributed by atoms with Gasteiger partial charge in [-0.15, -0.1) is 0 Å². The lowest BCUT2D eigenvalue weighted by atomic mass is 9.68. The molecule has 0 spiro atoms. The maximum atomic E-state index is 14.7. The summed E-state index contributed by atoms with van der Waals surface area (Å²) < 4.78 is 73.8. The van der Waals surface area contributed by atoms with Crippen LogP contribution in [0.5, 0.6) is 5.75 Å². The Labute approximate surface area is 200 Å². The average molecular weight is 485 g/mol. The fraction of sp³-hybridized carbons (Fsp3) is 0.714. The van der Waals surface area contributed by atoms with Gasteiger partial charge in [0.25, 0.3) is 0 Å². The first-order valence-electron chi connectivity index (χ1n) is 13.2. The number of rotatable bonds is 7. The third-order valence-electron chi connectivity index (χ3n) is 8.68. The molecule has 2 fully saturated rings. The van der Waals surface area contributed by atoms with Crippen LogP contribution in [0.1, 0.15) is 90.4 Å². The summed E-state index contributed by atoms with van der Waals surface area (Å²) in [6, 6.07) is 0.939.